The molecule has 1 radical (unpaired) electrons. The lowest BCUT2D eigenvalue weighted by Crippen LogP contribution is -2.28. The summed E-state index contributed by atoms with van der Waals surface area (Å²) in [5, 5.41) is 2.71. The number of ether oxygens (including phenoxy) is 2. The van der Waals surface area contributed by atoms with Crippen LogP contribution in [0.3, 0.4) is 0 Å². The van der Waals surface area contributed by atoms with Crippen LogP contribution in [0.4, 0.5) is 18.9 Å². The monoisotopic (exact) mass is 453 g/mol. The van der Waals surface area contributed by atoms with Gasteiger partial charge in [-0.3, -0.25) is 10.5 Å². The van der Waals surface area contributed by atoms with E-state index in [1.807, 2.05) is 0 Å². The summed E-state index contributed by atoms with van der Waals surface area (Å²) in [5.74, 6) is 0.797. The summed E-state index contributed by atoms with van der Waals surface area (Å²) in [6, 6.07) is 15.7. The maximum Gasteiger partial charge on any atom is 0.416 e. The molecule has 3 aromatic carbocycles. The number of carbonyl (C=O) groups excluding carboxylic acids is 1. The first-order valence-electron chi connectivity index (χ1n) is 10.5. The lowest BCUT2D eigenvalue weighted by Gasteiger charge is -2.19. The van der Waals surface area contributed by atoms with Gasteiger partial charge < -0.3 is 14.8 Å². The molecule has 5 rings (SSSR count). The first-order valence-corrected chi connectivity index (χ1v) is 10.5. The summed E-state index contributed by atoms with van der Waals surface area (Å²) in [4.78, 5) is 13.2. The summed E-state index contributed by atoms with van der Waals surface area (Å²) >= 11 is 0. The van der Waals surface area contributed by atoms with Crippen molar-refractivity contribution in [1.82, 2.24) is 5.73 Å². The number of hydrogen-bond acceptors (Lipinski definition) is 3. The number of amides is 1. The molecule has 1 amide bonds. The van der Waals surface area contributed by atoms with Gasteiger partial charge in [0.25, 0.3) is 0 Å². The van der Waals surface area contributed by atoms with Crippen molar-refractivity contribution in [3.63, 3.8) is 0 Å². The number of anilines is 1. The molecule has 0 aromatic heterocycles. The molecule has 8 heteroatoms. The van der Waals surface area contributed by atoms with E-state index in [1.54, 1.807) is 42.5 Å². The minimum absolute atomic E-state index is 0.0663. The number of rotatable bonds is 5. The van der Waals surface area contributed by atoms with Gasteiger partial charge in [-0.05, 0) is 65.4 Å². The van der Waals surface area contributed by atoms with Gasteiger partial charge >= 0.3 is 6.18 Å². The molecule has 2 N–H and O–H groups in total. The Morgan fingerprint density at radius 1 is 1.00 bits per heavy atom. The normalized spacial score (nSPS) is 15.9. The first kappa shape index (κ1) is 21.3. The molecule has 2 aliphatic rings. The van der Waals surface area contributed by atoms with E-state index in [0.717, 1.165) is 17.7 Å². The zero-order valence-corrected chi connectivity index (χ0v) is 17.5. The number of hydrogen-bond donors (Lipinski definition) is 1. The van der Waals surface area contributed by atoms with Gasteiger partial charge in [-0.25, -0.2) is 0 Å². The first-order chi connectivity index (χ1) is 15.8. The molecule has 1 heterocycles. The van der Waals surface area contributed by atoms with E-state index in [0.29, 0.717) is 41.0 Å². The second kappa shape index (κ2) is 7.81. The largest absolute Gasteiger partial charge is 0.454 e. The third-order valence-corrected chi connectivity index (χ3v) is 6.15. The number of nitrogens with one attached hydrogen (secondary N) is 2. The van der Waals surface area contributed by atoms with Crippen LogP contribution in [0.2, 0.25) is 0 Å². The summed E-state index contributed by atoms with van der Waals surface area (Å²) in [5.41, 5.74) is 8.29. The molecule has 5 nitrogen and oxygen atoms in total. The van der Waals surface area contributed by atoms with E-state index in [9.17, 15) is 18.0 Å². The van der Waals surface area contributed by atoms with Gasteiger partial charge in [0.05, 0.1) is 11.0 Å². The standard InChI is InChI=1S/C25H20F3N2O3/c26-25(27,28)18-9-16(20-4-2-1-3-15(20)13-29)10-19(11-18)30-23(31)24(7-8-24)17-5-6-21-22(12-17)33-14-32-21/h1-6,9-12,29H,7-8,13-14H2,(H,30,31). The molecule has 169 valence electrons. The minimum Gasteiger partial charge on any atom is -0.454 e. The Balaban J connectivity index is 1.49. The van der Waals surface area contributed by atoms with Gasteiger partial charge in [0.2, 0.25) is 12.7 Å². The van der Waals surface area contributed by atoms with Crippen LogP contribution in [-0.2, 0) is 22.9 Å². The van der Waals surface area contributed by atoms with Crippen molar-refractivity contribution in [3.05, 3.63) is 77.4 Å². The van der Waals surface area contributed by atoms with Gasteiger partial charge in [0.1, 0.15) is 0 Å². The van der Waals surface area contributed by atoms with Crippen LogP contribution < -0.4 is 20.5 Å². The van der Waals surface area contributed by atoms with Crippen LogP contribution >= 0.6 is 0 Å². The number of alkyl halides is 3. The second-order valence-electron chi connectivity index (χ2n) is 8.23. The van der Waals surface area contributed by atoms with Crippen LogP contribution in [0, 0.1) is 0 Å². The van der Waals surface area contributed by atoms with Crippen LogP contribution in [-0.4, -0.2) is 12.7 Å². The molecule has 1 saturated carbocycles. The molecule has 1 aliphatic carbocycles. The van der Waals surface area contributed by atoms with E-state index >= 15 is 0 Å². The molecule has 0 saturated heterocycles. The highest BCUT2D eigenvalue weighted by Crippen LogP contribution is 2.51. The van der Waals surface area contributed by atoms with Crippen molar-refractivity contribution in [2.45, 2.75) is 31.0 Å². The minimum atomic E-state index is -4.58. The van der Waals surface area contributed by atoms with Gasteiger partial charge in [-0.1, -0.05) is 30.3 Å². The summed E-state index contributed by atoms with van der Waals surface area (Å²) in [6.45, 7) is 0.0477. The summed E-state index contributed by atoms with van der Waals surface area (Å²) in [7, 11) is 0. The van der Waals surface area contributed by atoms with E-state index in [2.05, 4.69) is 5.32 Å². The average molecular weight is 453 g/mol. The highest BCUT2D eigenvalue weighted by atomic mass is 19.4. The Morgan fingerprint density at radius 2 is 1.76 bits per heavy atom. The average Bonchev–Trinajstić information content (AvgIpc) is 3.49. The van der Waals surface area contributed by atoms with Crippen molar-refractivity contribution in [2.24, 2.45) is 0 Å². The Labute approximate surface area is 188 Å². The van der Waals surface area contributed by atoms with Gasteiger partial charge in [-0.15, -0.1) is 0 Å². The van der Waals surface area contributed by atoms with Crippen LogP contribution in [0.25, 0.3) is 11.1 Å². The molecular weight excluding hydrogens is 433 g/mol. The fourth-order valence-corrected chi connectivity index (χ4v) is 4.19. The van der Waals surface area contributed by atoms with E-state index in [1.165, 1.54) is 6.07 Å². The molecule has 33 heavy (non-hydrogen) atoms. The molecule has 3 aromatic rings. The number of halogens is 3. The van der Waals surface area contributed by atoms with Crippen molar-refractivity contribution in [2.75, 3.05) is 12.1 Å². The molecule has 1 aliphatic heterocycles. The topological polar surface area (TPSA) is 71.4 Å². The predicted octanol–water partition coefficient (Wildman–Crippen LogP) is 5.55. The van der Waals surface area contributed by atoms with Crippen LogP contribution in [0.15, 0.2) is 60.7 Å². The van der Waals surface area contributed by atoms with E-state index in [-0.39, 0.29) is 24.9 Å². The van der Waals surface area contributed by atoms with Crippen molar-refractivity contribution in [3.8, 4) is 22.6 Å². The lowest BCUT2D eigenvalue weighted by atomic mass is 9.93. The fraction of sp³-hybridized carbons (Fsp3) is 0.240. The Bertz CT molecular complexity index is 1240. The van der Waals surface area contributed by atoms with Gasteiger partial charge in [0.15, 0.2) is 11.5 Å². The molecule has 0 unspecified atom stereocenters. The Morgan fingerprint density at radius 3 is 2.48 bits per heavy atom. The third kappa shape index (κ3) is 3.91. The molecule has 0 atom stereocenters. The number of fused-ring (bicyclic) bond motifs is 1. The van der Waals surface area contributed by atoms with Crippen molar-refractivity contribution in [1.29, 1.82) is 0 Å². The van der Waals surface area contributed by atoms with Crippen molar-refractivity contribution < 1.29 is 27.4 Å². The Kier molecular flexibility index (Phi) is 5.05. The zero-order chi connectivity index (χ0) is 23.2. The summed E-state index contributed by atoms with van der Waals surface area (Å²) < 4.78 is 51.7. The number of benzene rings is 3. The van der Waals surface area contributed by atoms with Crippen LogP contribution in [0.1, 0.15) is 29.5 Å². The maximum absolute atomic E-state index is 13.6. The van der Waals surface area contributed by atoms with Crippen molar-refractivity contribution >= 4 is 11.6 Å². The van der Waals surface area contributed by atoms with Gasteiger partial charge in [0, 0.05) is 12.2 Å². The maximum atomic E-state index is 13.6. The SMILES string of the molecule is [NH]Cc1ccccc1-c1cc(NC(=O)C2(c3ccc4c(c3)OCO4)CC2)cc(C(F)(F)F)c1. The van der Waals surface area contributed by atoms with E-state index < -0.39 is 17.2 Å². The van der Waals surface area contributed by atoms with Gasteiger partial charge in [-0.2, -0.15) is 13.2 Å². The lowest BCUT2D eigenvalue weighted by molar-refractivity contribution is -0.137. The summed E-state index contributed by atoms with van der Waals surface area (Å²) in [6.07, 6.45) is -3.40. The van der Waals surface area contributed by atoms with Crippen LogP contribution in [0.5, 0.6) is 11.5 Å². The molecule has 0 spiro atoms. The number of carbonyl (C=O) groups is 1. The Hall–Kier alpha value is -3.52. The molecule has 1 fully saturated rings. The quantitative estimate of drug-likeness (QED) is 0.550. The second-order valence-corrected chi connectivity index (χ2v) is 8.23. The molecule has 0 bridgehead atoms. The smallest absolute Gasteiger partial charge is 0.416 e. The fourth-order valence-electron chi connectivity index (χ4n) is 4.19. The third-order valence-electron chi connectivity index (χ3n) is 6.15. The zero-order valence-electron chi connectivity index (χ0n) is 17.5. The molecular formula is C25H20F3N2O3. The van der Waals surface area contributed by atoms with E-state index in [4.69, 9.17) is 15.2 Å². The highest BCUT2D eigenvalue weighted by Gasteiger charge is 2.51. The highest BCUT2D eigenvalue weighted by molar-refractivity contribution is 6.02. The predicted molar refractivity (Wildman–Crippen MR) is 116 cm³/mol.